The van der Waals surface area contributed by atoms with E-state index in [0.717, 1.165) is 17.0 Å². The van der Waals surface area contributed by atoms with Gasteiger partial charge in [0.1, 0.15) is 12.6 Å². The molecule has 2 amide bonds. The first-order chi connectivity index (χ1) is 15.4. The van der Waals surface area contributed by atoms with Crippen LogP contribution in [-0.4, -0.2) is 50.0 Å². The highest BCUT2D eigenvalue weighted by molar-refractivity contribution is 7.92. The summed E-state index contributed by atoms with van der Waals surface area (Å²) in [5.74, 6) is -0.871. The van der Waals surface area contributed by atoms with Crippen molar-refractivity contribution in [3.8, 4) is 0 Å². The summed E-state index contributed by atoms with van der Waals surface area (Å²) < 4.78 is 26.0. The first-order valence-corrected chi connectivity index (χ1v) is 13.1. The van der Waals surface area contributed by atoms with Crippen LogP contribution in [0.2, 0.25) is 10.0 Å². The van der Waals surface area contributed by atoms with E-state index < -0.39 is 28.5 Å². The second-order valence-electron chi connectivity index (χ2n) is 7.85. The highest BCUT2D eigenvalue weighted by Gasteiger charge is 2.30. The van der Waals surface area contributed by atoms with Crippen molar-refractivity contribution in [2.24, 2.45) is 0 Å². The van der Waals surface area contributed by atoms with E-state index in [4.69, 9.17) is 23.2 Å². The number of rotatable bonds is 10. The summed E-state index contributed by atoms with van der Waals surface area (Å²) in [4.78, 5) is 27.6. The van der Waals surface area contributed by atoms with Crippen LogP contribution in [0.5, 0.6) is 0 Å². The fourth-order valence-corrected chi connectivity index (χ4v) is 4.25. The maximum absolute atomic E-state index is 13.4. The molecule has 0 saturated carbocycles. The monoisotopic (exact) mass is 513 g/mol. The molecule has 1 N–H and O–H groups in total. The molecule has 0 spiro atoms. The molecule has 7 nitrogen and oxygen atoms in total. The third-order valence-electron chi connectivity index (χ3n) is 5.26. The Morgan fingerprint density at radius 3 is 2.18 bits per heavy atom. The van der Waals surface area contributed by atoms with Gasteiger partial charge in [-0.15, -0.1) is 0 Å². The zero-order valence-corrected chi connectivity index (χ0v) is 21.4. The number of hydrogen-bond acceptors (Lipinski definition) is 4. The number of carbonyl (C=O) groups is 2. The molecule has 0 heterocycles. The minimum atomic E-state index is -3.79. The number of nitrogens with zero attached hydrogens (tertiary/aromatic N) is 2. The second kappa shape index (κ2) is 11.7. The van der Waals surface area contributed by atoms with Gasteiger partial charge in [0, 0.05) is 22.6 Å². The lowest BCUT2D eigenvalue weighted by molar-refractivity contribution is -0.139. The smallest absolute Gasteiger partial charge is 0.244 e. The molecule has 33 heavy (non-hydrogen) atoms. The molecule has 0 aliphatic heterocycles. The molecule has 0 aliphatic rings. The number of anilines is 1. The fourth-order valence-electron chi connectivity index (χ4n) is 3.08. The van der Waals surface area contributed by atoms with E-state index >= 15 is 0 Å². The van der Waals surface area contributed by atoms with Crippen molar-refractivity contribution in [2.75, 3.05) is 17.1 Å². The normalized spacial score (nSPS) is 13.2. The SMILES string of the molecule is CC[C@@H](C)NC(=O)[C@H](C)N(Cc1ccccc1Cl)C(=O)CN(c1ccc(Cl)cc1)S(C)(=O)=O. The molecular formula is C23H29Cl2N3O4S. The summed E-state index contributed by atoms with van der Waals surface area (Å²) in [6, 6.07) is 12.2. The van der Waals surface area contributed by atoms with Gasteiger partial charge >= 0.3 is 0 Å². The topological polar surface area (TPSA) is 86.8 Å². The van der Waals surface area contributed by atoms with Gasteiger partial charge in [0.15, 0.2) is 0 Å². The van der Waals surface area contributed by atoms with E-state index in [9.17, 15) is 18.0 Å². The number of amides is 2. The van der Waals surface area contributed by atoms with Crippen LogP contribution in [-0.2, 0) is 26.2 Å². The Morgan fingerprint density at radius 1 is 1.03 bits per heavy atom. The van der Waals surface area contributed by atoms with Gasteiger partial charge in [0.2, 0.25) is 21.8 Å². The van der Waals surface area contributed by atoms with Gasteiger partial charge in [0.05, 0.1) is 11.9 Å². The van der Waals surface area contributed by atoms with E-state index in [1.165, 1.54) is 17.0 Å². The lowest BCUT2D eigenvalue weighted by Gasteiger charge is -2.32. The zero-order chi connectivity index (χ0) is 24.8. The average molecular weight is 514 g/mol. The largest absolute Gasteiger partial charge is 0.352 e. The lowest BCUT2D eigenvalue weighted by atomic mass is 10.1. The summed E-state index contributed by atoms with van der Waals surface area (Å²) in [5.41, 5.74) is 0.942. The van der Waals surface area contributed by atoms with Gasteiger partial charge in [-0.3, -0.25) is 13.9 Å². The summed E-state index contributed by atoms with van der Waals surface area (Å²) in [5, 5.41) is 3.76. The average Bonchev–Trinajstić information content (AvgIpc) is 2.76. The number of halogens is 2. The van der Waals surface area contributed by atoms with Crippen molar-refractivity contribution in [3.63, 3.8) is 0 Å². The minimum absolute atomic E-state index is 0.0474. The Hall–Kier alpha value is -2.29. The summed E-state index contributed by atoms with van der Waals surface area (Å²) in [7, 11) is -3.79. The van der Waals surface area contributed by atoms with E-state index in [-0.39, 0.29) is 18.5 Å². The molecule has 180 valence electrons. The van der Waals surface area contributed by atoms with Crippen LogP contribution in [0.15, 0.2) is 48.5 Å². The maximum Gasteiger partial charge on any atom is 0.244 e. The summed E-state index contributed by atoms with van der Waals surface area (Å²) in [6.07, 6.45) is 1.75. The van der Waals surface area contributed by atoms with Gasteiger partial charge < -0.3 is 10.2 Å². The molecule has 0 radical (unpaired) electrons. The molecule has 2 atom stereocenters. The van der Waals surface area contributed by atoms with Crippen LogP contribution in [0.25, 0.3) is 0 Å². The molecule has 0 unspecified atom stereocenters. The number of carbonyl (C=O) groups excluding carboxylic acids is 2. The molecule has 0 fully saturated rings. The van der Waals surface area contributed by atoms with Gasteiger partial charge in [-0.25, -0.2) is 8.42 Å². The van der Waals surface area contributed by atoms with E-state index in [1.54, 1.807) is 43.3 Å². The highest BCUT2D eigenvalue weighted by Crippen LogP contribution is 2.23. The van der Waals surface area contributed by atoms with Gasteiger partial charge in [0.25, 0.3) is 0 Å². The Bertz CT molecular complexity index is 1080. The number of sulfonamides is 1. The second-order valence-corrected chi connectivity index (χ2v) is 10.6. The van der Waals surface area contributed by atoms with Crippen molar-refractivity contribution in [2.45, 2.75) is 45.8 Å². The predicted octanol–water partition coefficient (Wildman–Crippen LogP) is 4.09. The minimum Gasteiger partial charge on any atom is -0.352 e. The third kappa shape index (κ3) is 7.62. The molecule has 0 saturated heterocycles. The first-order valence-electron chi connectivity index (χ1n) is 10.5. The van der Waals surface area contributed by atoms with Crippen LogP contribution in [0.4, 0.5) is 5.69 Å². The van der Waals surface area contributed by atoms with E-state index in [1.807, 2.05) is 13.8 Å². The van der Waals surface area contributed by atoms with Gasteiger partial charge in [-0.2, -0.15) is 0 Å². The molecule has 2 aromatic rings. The molecule has 0 aliphatic carbocycles. The van der Waals surface area contributed by atoms with Crippen molar-refractivity contribution in [1.82, 2.24) is 10.2 Å². The zero-order valence-electron chi connectivity index (χ0n) is 19.1. The third-order valence-corrected chi connectivity index (χ3v) is 7.02. The predicted molar refractivity (Wildman–Crippen MR) is 133 cm³/mol. The first kappa shape index (κ1) is 27.0. The van der Waals surface area contributed by atoms with Crippen molar-refractivity contribution >= 4 is 50.7 Å². The van der Waals surface area contributed by atoms with Crippen LogP contribution in [0, 0.1) is 0 Å². The molecule has 2 rings (SSSR count). The van der Waals surface area contributed by atoms with Gasteiger partial charge in [-0.05, 0) is 56.2 Å². The standard InChI is InChI=1S/C23H29Cl2N3O4S/c1-5-16(2)26-23(30)17(3)27(14-18-8-6-7-9-21(18)25)22(29)15-28(33(4,31)32)20-12-10-19(24)11-13-20/h6-13,16-17H,5,14-15H2,1-4H3,(H,26,30)/t16-,17+/m1/s1. The maximum atomic E-state index is 13.4. The van der Waals surface area contributed by atoms with E-state index in [0.29, 0.717) is 21.3 Å². The number of hydrogen-bond donors (Lipinski definition) is 1. The van der Waals surface area contributed by atoms with Crippen LogP contribution < -0.4 is 9.62 Å². The number of nitrogens with one attached hydrogen (secondary N) is 1. The van der Waals surface area contributed by atoms with E-state index in [2.05, 4.69) is 5.32 Å². The van der Waals surface area contributed by atoms with Crippen molar-refractivity contribution < 1.29 is 18.0 Å². The molecule has 0 aromatic heterocycles. The van der Waals surface area contributed by atoms with Crippen LogP contribution in [0.3, 0.4) is 0 Å². The lowest BCUT2D eigenvalue weighted by Crippen LogP contribution is -2.52. The van der Waals surface area contributed by atoms with Crippen LogP contribution in [0.1, 0.15) is 32.8 Å². The Balaban J connectivity index is 2.39. The van der Waals surface area contributed by atoms with Crippen molar-refractivity contribution in [3.05, 3.63) is 64.1 Å². The van der Waals surface area contributed by atoms with Crippen molar-refractivity contribution in [1.29, 1.82) is 0 Å². The number of benzene rings is 2. The summed E-state index contributed by atoms with van der Waals surface area (Å²) >= 11 is 12.2. The highest BCUT2D eigenvalue weighted by atomic mass is 35.5. The Labute approximate surface area is 205 Å². The molecule has 2 aromatic carbocycles. The quantitative estimate of drug-likeness (QED) is 0.518. The summed E-state index contributed by atoms with van der Waals surface area (Å²) in [6.45, 7) is 4.99. The van der Waals surface area contributed by atoms with Gasteiger partial charge in [-0.1, -0.05) is 48.3 Å². The van der Waals surface area contributed by atoms with Crippen LogP contribution >= 0.6 is 23.2 Å². The fraction of sp³-hybridized carbons (Fsp3) is 0.391. The Kier molecular flexibility index (Phi) is 9.57. The molecular weight excluding hydrogens is 485 g/mol. The molecule has 0 bridgehead atoms. The molecule has 10 heteroatoms. The Morgan fingerprint density at radius 2 is 1.64 bits per heavy atom.